The second-order valence-electron chi connectivity index (χ2n) is 5.20. The molecule has 0 saturated carbocycles. The molecule has 0 radical (unpaired) electrons. The first kappa shape index (κ1) is 16.5. The van der Waals surface area contributed by atoms with Crippen molar-refractivity contribution in [1.29, 1.82) is 0 Å². The van der Waals surface area contributed by atoms with Gasteiger partial charge in [0, 0.05) is 25.8 Å². The smallest absolute Gasteiger partial charge is 0.314 e. The van der Waals surface area contributed by atoms with Crippen molar-refractivity contribution < 1.29 is 9.90 Å². The maximum Gasteiger partial charge on any atom is 0.314 e. The third-order valence-corrected chi connectivity index (χ3v) is 3.40. The van der Waals surface area contributed by atoms with Crippen LogP contribution in [0.2, 0.25) is 0 Å². The van der Waals surface area contributed by atoms with Crippen molar-refractivity contribution in [2.45, 2.75) is 46.1 Å². The van der Waals surface area contributed by atoms with E-state index in [-0.39, 0.29) is 12.1 Å². The van der Waals surface area contributed by atoms with Crippen LogP contribution in [0, 0.1) is 13.8 Å². The van der Waals surface area contributed by atoms with E-state index in [1.54, 1.807) is 6.92 Å². The van der Waals surface area contributed by atoms with Crippen molar-refractivity contribution in [3.8, 4) is 0 Å². The summed E-state index contributed by atoms with van der Waals surface area (Å²) in [7, 11) is 1.94. The summed E-state index contributed by atoms with van der Waals surface area (Å²) in [6.45, 7) is 6.90. The van der Waals surface area contributed by atoms with Crippen molar-refractivity contribution >= 4 is 6.03 Å². The predicted octanol–water partition coefficient (Wildman–Crippen LogP) is 1.04. The van der Waals surface area contributed by atoms with E-state index in [1.807, 2.05) is 18.7 Å². The summed E-state index contributed by atoms with van der Waals surface area (Å²) in [5.74, 6) is 0. The molecule has 3 N–H and O–H groups in total. The van der Waals surface area contributed by atoms with Gasteiger partial charge in [-0.2, -0.15) is 5.10 Å². The molecule has 0 aliphatic heterocycles. The predicted molar refractivity (Wildman–Crippen MR) is 78.7 cm³/mol. The molecule has 1 aromatic heterocycles. The van der Waals surface area contributed by atoms with Crippen LogP contribution in [0.1, 0.15) is 36.7 Å². The molecule has 1 unspecified atom stereocenters. The zero-order chi connectivity index (χ0) is 15.1. The number of nitrogens with zero attached hydrogens (tertiary/aromatic N) is 2. The minimum absolute atomic E-state index is 0.176. The number of aliphatic hydroxyl groups excluding tert-OH is 1. The summed E-state index contributed by atoms with van der Waals surface area (Å²) >= 11 is 0. The first-order valence-electron chi connectivity index (χ1n) is 7.10. The number of urea groups is 1. The van der Waals surface area contributed by atoms with Crippen LogP contribution in [0.4, 0.5) is 4.79 Å². The quantitative estimate of drug-likeness (QED) is 0.654. The van der Waals surface area contributed by atoms with Crippen LogP contribution in [-0.2, 0) is 13.5 Å². The number of hydrogen-bond donors (Lipinski definition) is 3. The monoisotopic (exact) mass is 282 g/mol. The first-order valence-corrected chi connectivity index (χ1v) is 7.10. The van der Waals surface area contributed by atoms with Gasteiger partial charge < -0.3 is 15.7 Å². The van der Waals surface area contributed by atoms with Gasteiger partial charge in [-0.3, -0.25) is 4.68 Å². The Morgan fingerprint density at radius 1 is 1.35 bits per heavy atom. The Bertz CT molecular complexity index is 441. The van der Waals surface area contributed by atoms with Gasteiger partial charge in [-0.15, -0.1) is 0 Å². The number of aryl methyl sites for hydroxylation is 2. The Morgan fingerprint density at radius 3 is 2.55 bits per heavy atom. The van der Waals surface area contributed by atoms with Crippen LogP contribution in [0.5, 0.6) is 0 Å². The second kappa shape index (κ2) is 7.89. The molecule has 1 atom stereocenters. The van der Waals surface area contributed by atoms with Crippen LogP contribution >= 0.6 is 0 Å². The number of nitrogens with one attached hydrogen (secondary N) is 2. The highest BCUT2D eigenvalue weighted by molar-refractivity contribution is 5.73. The lowest BCUT2D eigenvalue weighted by atomic mass is 10.1. The molecule has 0 aliphatic carbocycles. The summed E-state index contributed by atoms with van der Waals surface area (Å²) in [5.41, 5.74) is 3.51. The molecule has 6 heteroatoms. The van der Waals surface area contributed by atoms with Gasteiger partial charge in [0.25, 0.3) is 0 Å². The molecular formula is C14H26N4O2. The first-order chi connectivity index (χ1) is 9.41. The Balaban J connectivity index is 2.20. The fourth-order valence-corrected chi connectivity index (χ4v) is 2.10. The number of aromatic nitrogens is 2. The van der Waals surface area contributed by atoms with Gasteiger partial charge in [0.05, 0.1) is 11.8 Å². The molecule has 0 fully saturated rings. The van der Waals surface area contributed by atoms with Gasteiger partial charge in [-0.1, -0.05) is 0 Å². The number of carbonyl (C=O) groups is 1. The molecule has 1 heterocycles. The van der Waals surface area contributed by atoms with Gasteiger partial charge >= 0.3 is 6.03 Å². The fourth-order valence-electron chi connectivity index (χ4n) is 2.10. The molecule has 2 amide bonds. The van der Waals surface area contributed by atoms with Crippen LogP contribution in [0.25, 0.3) is 0 Å². The number of amides is 2. The van der Waals surface area contributed by atoms with Gasteiger partial charge in [0.2, 0.25) is 0 Å². The van der Waals surface area contributed by atoms with Crippen LogP contribution < -0.4 is 10.6 Å². The Morgan fingerprint density at radius 2 is 2.00 bits per heavy atom. The SMILES string of the molecule is Cc1nn(C)c(C)c1CCCNC(=O)NCCC(C)O. The van der Waals surface area contributed by atoms with Crippen LogP contribution in [0.3, 0.4) is 0 Å². The normalized spacial score (nSPS) is 12.2. The van der Waals surface area contributed by atoms with Gasteiger partial charge in [0.15, 0.2) is 0 Å². The third-order valence-electron chi connectivity index (χ3n) is 3.40. The molecule has 6 nitrogen and oxygen atoms in total. The molecular weight excluding hydrogens is 256 g/mol. The zero-order valence-corrected chi connectivity index (χ0v) is 12.9. The van der Waals surface area contributed by atoms with E-state index in [0.29, 0.717) is 19.5 Å². The van der Waals surface area contributed by atoms with Crippen molar-refractivity contribution in [1.82, 2.24) is 20.4 Å². The maximum atomic E-state index is 11.5. The molecule has 1 aromatic rings. The van der Waals surface area contributed by atoms with Gasteiger partial charge in [-0.25, -0.2) is 4.79 Å². The third kappa shape index (κ3) is 5.21. The molecule has 0 bridgehead atoms. The van der Waals surface area contributed by atoms with E-state index in [1.165, 1.54) is 11.3 Å². The van der Waals surface area contributed by atoms with E-state index in [9.17, 15) is 4.79 Å². The number of aliphatic hydroxyl groups is 1. The number of carbonyl (C=O) groups excluding carboxylic acids is 1. The Kier molecular flexibility index (Phi) is 6.51. The highest BCUT2D eigenvalue weighted by atomic mass is 16.3. The summed E-state index contributed by atoms with van der Waals surface area (Å²) in [4.78, 5) is 11.5. The van der Waals surface area contributed by atoms with Crippen molar-refractivity contribution in [2.75, 3.05) is 13.1 Å². The lowest BCUT2D eigenvalue weighted by molar-refractivity contribution is 0.183. The maximum absolute atomic E-state index is 11.5. The number of rotatable bonds is 7. The summed E-state index contributed by atoms with van der Waals surface area (Å²) < 4.78 is 1.89. The average Bonchev–Trinajstić information content (AvgIpc) is 2.59. The van der Waals surface area contributed by atoms with E-state index < -0.39 is 0 Å². The van der Waals surface area contributed by atoms with E-state index in [0.717, 1.165) is 18.5 Å². The lowest BCUT2D eigenvalue weighted by Gasteiger charge is -2.08. The average molecular weight is 282 g/mol. The molecule has 0 aliphatic rings. The molecule has 0 spiro atoms. The lowest BCUT2D eigenvalue weighted by Crippen LogP contribution is -2.37. The van der Waals surface area contributed by atoms with E-state index >= 15 is 0 Å². The topological polar surface area (TPSA) is 79.2 Å². The zero-order valence-electron chi connectivity index (χ0n) is 12.9. The minimum Gasteiger partial charge on any atom is -0.393 e. The summed E-state index contributed by atoms with van der Waals surface area (Å²) in [5, 5.41) is 19.0. The van der Waals surface area contributed by atoms with Crippen molar-refractivity contribution in [2.24, 2.45) is 7.05 Å². The van der Waals surface area contributed by atoms with E-state index in [2.05, 4.69) is 22.7 Å². The highest BCUT2D eigenvalue weighted by Gasteiger charge is 2.08. The Hall–Kier alpha value is -1.56. The van der Waals surface area contributed by atoms with Crippen molar-refractivity contribution in [3.05, 3.63) is 17.0 Å². The van der Waals surface area contributed by atoms with Crippen LogP contribution in [0.15, 0.2) is 0 Å². The Labute approximate surface area is 120 Å². The summed E-state index contributed by atoms with van der Waals surface area (Å²) in [6, 6.07) is -0.176. The highest BCUT2D eigenvalue weighted by Crippen LogP contribution is 2.13. The van der Waals surface area contributed by atoms with Gasteiger partial charge in [0.1, 0.15) is 0 Å². The second-order valence-corrected chi connectivity index (χ2v) is 5.20. The molecule has 20 heavy (non-hydrogen) atoms. The minimum atomic E-state index is -0.383. The molecule has 0 saturated heterocycles. The fraction of sp³-hybridized carbons (Fsp3) is 0.714. The number of hydrogen-bond acceptors (Lipinski definition) is 3. The van der Waals surface area contributed by atoms with Crippen LogP contribution in [-0.4, -0.2) is 40.1 Å². The summed E-state index contributed by atoms with van der Waals surface area (Å²) in [6.07, 6.45) is 1.99. The largest absolute Gasteiger partial charge is 0.393 e. The molecule has 114 valence electrons. The molecule has 1 rings (SSSR count). The molecule has 0 aromatic carbocycles. The van der Waals surface area contributed by atoms with Crippen molar-refractivity contribution in [3.63, 3.8) is 0 Å². The van der Waals surface area contributed by atoms with Gasteiger partial charge in [-0.05, 0) is 45.6 Å². The standard InChI is InChI=1S/C14H26N4O2/c1-10(19)7-9-16-14(20)15-8-5-6-13-11(2)17-18(4)12(13)3/h10,19H,5-9H2,1-4H3,(H2,15,16,20). The van der Waals surface area contributed by atoms with E-state index in [4.69, 9.17) is 5.11 Å².